The van der Waals surface area contributed by atoms with Gasteiger partial charge in [-0.15, -0.1) is 0 Å². The van der Waals surface area contributed by atoms with Crippen molar-refractivity contribution in [1.29, 1.82) is 0 Å². The van der Waals surface area contributed by atoms with Crippen molar-refractivity contribution in [3.8, 4) is 11.1 Å². The summed E-state index contributed by atoms with van der Waals surface area (Å²) in [6.45, 7) is 0. The lowest BCUT2D eigenvalue weighted by Gasteiger charge is -2.26. The smallest absolute Gasteiger partial charge is 0.268 e. The fraction of sp³-hybridized carbons (Fsp3) is 0. The number of hydrogen-bond acceptors (Lipinski definition) is 3. The van der Waals surface area contributed by atoms with E-state index in [1.807, 2.05) is 24.3 Å². The molecule has 0 atom stereocenters. The first-order valence-corrected chi connectivity index (χ1v) is 10.2. The van der Waals surface area contributed by atoms with Gasteiger partial charge in [0.1, 0.15) is 0 Å². The van der Waals surface area contributed by atoms with Crippen LogP contribution in [0.3, 0.4) is 0 Å². The zero-order chi connectivity index (χ0) is 22.1. The standard InChI is InChI=1S/C27H18N2O3/c30-25(19-11-3-1-4-12-19)28-23-17-9-7-15-21(23)22-16-8-10-18-24(22)29(27(28)32)26(31)20-13-5-2-6-14-20/h1-18H. The zero-order valence-electron chi connectivity index (χ0n) is 17.0. The molecule has 0 unspecified atom stereocenters. The summed E-state index contributed by atoms with van der Waals surface area (Å²) in [7, 11) is 0. The number of carbonyl (C=O) groups excluding carboxylic acids is 3. The monoisotopic (exact) mass is 418 g/mol. The van der Waals surface area contributed by atoms with E-state index in [0.717, 1.165) is 9.80 Å². The molecule has 0 fully saturated rings. The van der Waals surface area contributed by atoms with Crippen LogP contribution >= 0.6 is 0 Å². The average molecular weight is 418 g/mol. The highest BCUT2D eigenvalue weighted by Crippen LogP contribution is 2.42. The van der Waals surface area contributed by atoms with Crippen molar-refractivity contribution < 1.29 is 14.4 Å². The van der Waals surface area contributed by atoms with Crippen molar-refractivity contribution in [3.05, 3.63) is 120 Å². The van der Waals surface area contributed by atoms with Crippen molar-refractivity contribution in [2.45, 2.75) is 0 Å². The SMILES string of the molecule is O=C(c1ccccc1)N1C(=O)N(C(=O)c2ccccc2)c2ccccc2-c2ccccc21. The van der Waals surface area contributed by atoms with E-state index in [1.54, 1.807) is 84.9 Å². The highest BCUT2D eigenvalue weighted by Gasteiger charge is 2.39. The summed E-state index contributed by atoms with van der Waals surface area (Å²) in [4.78, 5) is 43.2. The molecule has 4 aromatic carbocycles. The Balaban J connectivity index is 1.75. The molecule has 0 aromatic heterocycles. The summed E-state index contributed by atoms with van der Waals surface area (Å²) in [5, 5.41) is 0. The molecule has 0 aliphatic carbocycles. The van der Waals surface area contributed by atoms with Gasteiger partial charge >= 0.3 is 6.03 Å². The molecule has 0 saturated heterocycles. The van der Waals surface area contributed by atoms with E-state index >= 15 is 0 Å². The molecule has 0 spiro atoms. The Morgan fingerprint density at radius 1 is 0.469 bits per heavy atom. The van der Waals surface area contributed by atoms with E-state index < -0.39 is 17.8 Å². The molecule has 1 aliphatic heterocycles. The third-order valence-electron chi connectivity index (χ3n) is 5.41. The molecule has 0 radical (unpaired) electrons. The zero-order valence-corrected chi connectivity index (χ0v) is 17.0. The molecule has 0 saturated carbocycles. The normalized spacial score (nSPS) is 12.6. The largest absolute Gasteiger partial charge is 0.343 e. The summed E-state index contributed by atoms with van der Waals surface area (Å²) in [6.07, 6.45) is 0. The summed E-state index contributed by atoms with van der Waals surface area (Å²) in [5.41, 5.74) is 2.97. The van der Waals surface area contributed by atoms with Crippen LogP contribution in [-0.4, -0.2) is 17.8 Å². The third kappa shape index (κ3) is 3.17. The lowest BCUT2D eigenvalue weighted by Crippen LogP contribution is -2.48. The predicted molar refractivity (Wildman–Crippen MR) is 124 cm³/mol. The Kier molecular flexibility index (Phi) is 4.84. The number of amides is 4. The van der Waals surface area contributed by atoms with E-state index in [9.17, 15) is 14.4 Å². The van der Waals surface area contributed by atoms with E-state index in [1.165, 1.54) is 0 Å². The number of urea groups is 1. The summed E-state index contributed by atoms with van der Waals surface area (Å²) in [5.74, 6) is -0.997. The van der Waals surface area contributed by atoms with Gasteiger partial charge in [-0.3, -0.25) is 9.59 Å². The first kappa shape index (κ1) is 19.5. The molecule has 1 aliphatic rings. The van der Waals surface area contributed by atoms with Gasteiger partial charge in [-0.2, -0.15) is 0 Å². The summed E-state index contributed by atoms with van der Waals surface area (Å²) < 4.78 is 0. The van der Waals surface area contributed by atoms with Crippen LogP contribution in [0.4, 0.5) is 16.2 Å². The molecule has 4 aromatic rings. The van der Waals surface area contributed by atoms with Gasteiger partial charge in [0, 0.05) is 22.3 Å². The fourth-order valence-electron chi connectivity index (χ4n) is 3.91. The van der Waals surface area contributed by atoms with E-state index in [0.29, 0.717) is 33.6 Å². The minimum Gasteiger partial charge on any atom is -0.268 e. The van der Waals surface area contributed by atoms with Gasteiger partial charge in [0.15, 0.2) is 0 Å². The van der Waals surface area contributed by atoms with Crippen molar-refractivity contribution >= 4 is 29.2 Å². The van der Waals surface area contributed by atoms with Gasteiger partial charge in [0.25, 0.3) is 11.8 Å². The molecule has 1 heterocycles. The van der Waals surface area contributed by atoms with Gasteiger partial charge in [-0.25, -0.2) is 14.6 Å². The van der Waals surface area contributed by atoms with E-state index in [-0.39, 0.29) is 0 Å². The maximum absolute atomic E-state index is 13.9. The van der Waals surface area contributed by atoms with Crippen LogP contribution in [0, 0.1) is 0 Å². The van der Waals surface area contributed by atoms with Crippen LogP contribution < -0.4 is 9.80 Å². The van der Waals surface area contributed by atoms with E-state index in [4.69, 9.17) is 0 Å². The van der Waals surface area contributed by atoms with Crippen LogP contribution in [0.5, 0.6) is 0 Å². The number of nitrogens with zero attached hydrogens (tertiary/aromatic N) is 2. The molecule has 5 heteroatoms. The van der Waals surface area contributed by atoms with Gasteiger partial charge < -0.3 is 0 Å². The molecule has 5 nitrogen and oxygen atoms in total. The molecular weight excluding hydrogens is 400 g/mol. The predicted octanol–water partition coefficient (Wildman–Crippen LogP) is 5.78. The second-order valence-electron chi connectivity index (χ2n) is 7.33. The maximum atomic E-state index is 13.9. The maximum Gasteiger partial charge on any atom is 0.343 e. The quantitative estimate of drug-likeness (QED) is 0.415. The van der Waals surface area contributed by atoms with Crippen LogP contribution in [0.2, 0.25) is 0 Å². The second-order valence-corrected chi connectivity index (χ2v) is 7.33. The number of carbonyl (C=O) groups is 3. The van der Waals surface area contributed by atoms with Crippen molar-refractivity contribution in [3.63, 3.8) is 0 Å². The number of imide groups is 2. The number of fused-ring (bicyclic) bond motifs is 3. The lowest BCUT2D eigenvalue weighted by molar-refractivity contribution is 0.0984. The Hall–Kier alpha value is -4.51. The topological polar surface area (TPSA) is 57.7 Å². The second kappa shape index (κ2) is 7.96. The number of para-hydroxylation sites is 2. The fourth-order valence-corrected chi connectivity index (χ4v) is 3.91. The number of benzene rings is 4. The molecule has 154 valence electrons. The number of anilines is 2. The minimum absolute atomic E-state index is 0.355. The summed E-state index contributed by atoms with van der Waals surface area (Å²) in [6, 6.07) is 30.8. The third-order valence-corrected chi connectivity index (χ3v) is 5.41. The Morgan fingerprint density at radius 3 is 1.22 bits per heavy atom. The van der Waals surface area contributed by atoms with Crippen LogP contribution in [0.1, 0.15) is 20.7 Å². The van der Waals surface area contributed by atoms with Crippen molar-refractivity contribution in [2.24, 2.45) is 0 Å². The van der Waals surface area contributed by atoms with Gasteiger partial charge in [0.2, 0.25) is 0 Å². The molecule has 0 bridgehead atoms. The van der Waals surface area contributed by atoms with Crippen molar-refractivity contribution in [1.82, 2.24) is 0 Å². The molecule has 0 N–H and O–H groups in total. The highest BCUT2D eigenvalue weighted by atomic mass is 16.2. The number of hydrogen-bond donors (Lipinski definition) is 0. The number of rotatable bonds is 2. The molecule has 5 rings (SSSR count). The van der Waals surface area contributed by atoms with Crippen LogP contribution in [0.15, 0.2) is 109 Å². The average Bonchev–Trinajstić information content (AvgIpc) is 2.96. The van der Waals surface area contributed by atoms with Crippen LogP contribution in [0.25, 0.3) is 11.1 Å². The molecule has 4 amide bonds. The Bertz CT molecular complexity index is 1230. The van der Waals surface area contributed by atoms with Crippen LogP contribution in [-0.2, 0) is 0 Å². The Morgan fingerprint density at radius 2 is 0.812 bits per heavy atom. The van der Waals surface area contributed by atoms with Crippen molar-refractivity contribution in [2.75, 3.05) is 9.80 Å². The molecule has 32 heavy (non-hydrogen) atoms. The van der Waals surface area contributed by atoms with E-state index in [2.05, 4.69) is 0 Å². The first-order valence-electron chi connectivity index (χ1n) is 10.2. The Labute approximate surface area is 185 Å². The highest BCUT2D eigenvalue weighted by molar-refractivity contribution is 6.35. The lowest BCUT2D eigenvalue weighted by atomic mass is 10.0. The van der Waals surface area contributed by atoms with Gasteiger partial charge in [0.05, 0.1) is 11.4 Å². The van der Waals surface area contributed by atoms with Gasteiger partial charge in [-0.1, -0.05) is 72.8 Å². The summed E-state index contributed by atoms with van der Waals surface area (Å²) >= 11 is 0. The molecular formula is C27H18N2O3. The van der Waals surface area contributed by atoms with Gasteiger partial charge in [-0.05, 0) is 36.4 Å². The first-order chi connectivity index (χ1) is 15.7. The minimum atomic E-state index is -0.717.